The Morgan fingerprint density at radius 2 is 1.85 bits per heavy atom. The van der Waals surface area contributed by atoms with Crippen LogP contribution in [0.5, 0.6) is 5.75 Å². The number of aromatic amines is 1. The number of piperazine rings is 1. The minimum Gasteiger partial charge on any atom is -0.497 e. The Bertz CT molecular complexity index is 1100. The number of alkyl halides is 3. The van der Waals surface area contributed by atoms with Crippen molar-refractivity contribution in [1.82, 2.24) is 20.1 Å². The molecule has 0 atom stereocenters. The van der Waals surface area contributed by atoms with E-state index in [2.05, 4.69) is 15.2 Å². The van der Waals surface area contributed by atoms with Crippen molar-refractivity contribution in [2.24, 2.45) is 0 Å². The molecule has 1 aliphatic heterocycles. The van der Waals surface area contributed by atoms with Crippen molar-refractivity contribution in [3.8, 4) is 17.1 Å². The highest BCUT2D eigenvalue weighted by atomic mass is 32.2. The van der Waals surface area contributed by atoms with E-state index in [-0.39, 0.29) is 11.7 Å². The molecule has 0 spiro atoms. The maximum atomic E-state index is 13.0. The van der Waals surface area contributed by atoms with Gasteiger partial charge in [0.1, 0.15) is 5.75 Å². The van der Waals surface area contributed by atoms with Crippen molar-refractivity contribution in [2.45, 2.75) is 11.3 Å². The van der Waals surface area contributed by atoms with Gasteiger partial charge in [-0.05, 0) is 42.5 Å². The van der Waals surface area contributed by atoms with E-state index < -0.39 is 11.7 Å². The average Bonchev–Trinajstić information content (AvgIpc) is 3.31. The molecule has 1 saturated heterocycles. The molecule has 1 N–H and O–H groups in total. The molecule has 2 heterocycles. The molecule has 0 unspecified atom stereocenters. The molecule has 0 bridgehead atoms. The summed E-state index contributed by atoms with van der Waals surface area (Å²) in [6.07, 6.45) is -4.38. The second kappa shape index (κ2) is 9.74. The van der Waals surface area contributed by atoms with Crippen LogP contribution < -0.4 is 9.64 Å². The molecule has 1 fully saturated rings. The molecule has 33 heavy (non-hydrogen) atoms. The highest BCUT2D eigenvalue weighted by Crippen LogP contribution is 2.32. The van der Waals surface area contributed by atoms with Crippen LogP contribution in [0.25, 0.3) is 11.4 Å². The quantitative estimate of drug-likeness (QED) is 0.542. The molecule has 0 radical (unpaired) electrons. The number of nitrogens with one attached hydrogen (secondary N) is 1. The highest BCUT2D eigenvalue weighted by molar-refractivity contribution is 7.99. The second-order valence-electron chi connectivity index (χ2n) is 7.40. The number of hydrogen-bond donors (Lipinski definition) is 1. The van der Waals surface area contributed by atoms with Crippen molar-refractivity contribution in [2.75, 3.05) is 43.9 Å². The number of thioether (sulfide) groups is 1. The van der Waals surface area contributed by atoms with E-state index in [1.54, 1.807) is 18.1 Å². The van der Waals surface area contributed by atoms with E-state index in [0.717, 1.165) is 23.4 Å². The molecule has 174 valence electrons. The van der Waals surface area contributed by atoms with Crippen molar-refractivity contribution in [1.29, 1.82) is 0 Å². The summed E-state index contributed by atoms with van der Waals surface area (Å²) in [7, 11) is 1.60. The third-order valence-electron chi connectivity index (χ3n) is 5.32. The zero-order chi connectivity index (χ0) is 23.4. The largest absolute Gasteiger partial charge is 0.497 e. The fourth-order valence-electron chi connectivity index (χ4n) is 3.50. The second-order valence-corrected chi connectivity index (χ2v) is 8.34. The topological polar surface area (TPSA) is 74.3 Å². The molecule has 2 aromatic carbocycles. The number of amides is 1. The molecule has 1 amide bonds. The number of carbonyl (C=O) groups excluding carboxylic acids is 1. The van der Waals surface area contributed by atoms with Crippen LogP contribution in [0.3, 0.4) is 0 Å². The van der Waals surface area contributed by atoms with Crippen molar-refractivity contribution in [3.05, 3.63) is 54.1 Å². The molecular weight excluding hydrogens is 455 g/mol. The summed E-state index contributed by atoms with van der Waals surface area (Å²) in [6.45, 7) is 1.83. The number of halogens is 3. The number of rotatable bonds is 6. The average molecular weight is 478 g/mol. The van der Waals surface area contributed by atoms with Gasteiger partial charge in [0, 0.05) is 37.4 Å². The molecule has 4 rings (SSSR count). The summed E-state index contributed by atoms with van der Waals surface area (Å²) in [5, 5.41) is 7.49. The minimum atomic E-state index is -4.38. The predicted molar refractivity (Wildman–Crippen MR) is 119 cm³/mol. The number of nitrogens with zero attached hydrogens (tertiary/aromatic N) is 4. The molecule has 11 heteroatoms. The van der Waals surface area contributed by atoms with E-state index in [1.165, 1.54) is 17.8 Å². The SMILES string of the molecule is COc1ccc(-c2nc(SCC(=O)N3CCN(c4cccc(C(F)(F)F)c4)CC3)n[nH]2)cc1. The summed E-state index contributed by atoms with van der Waals surface area (Å²) in [5.41, 5.74) is 0.695. The molecule has 1 aliphatic rings. The Labute approximate surface area is 192 Å². The standard InChI is InChI=1S/C22H22F3N5O2S/c1-32-18-7-5-15(6-8-18)20-26-21(28-27-20)33-14-19(31)30-11-9-29(10-12-30)17-4-2-3-16(13-17)22(23,24)25/h2-8,13H,9-12,14H2,1H3,(H,26,27,28). The van der Waals surface area contributed by atoms with Crippen LogP contribution in [0.4, 0.5) is 18.9 Å². The maximum absolute atomic E-state index is 13.0. The summed E-state index contributed by atoms with van der Waals surface area (Å²) in [6, 6.07) is 12.7. The number of H-pyrrole nitrogens is 1. The van der Waals surface area contributed by atoms with E-state index >= 15 is 0 Å². The predicted octanol–water partition coefficient (Wildman–Crippen LogP) is 3.94. The van der Waals surface area contributed by atoms with Crippen LogP contribution in [-0.2, 0) is 11.0 Å². The Balaban J connectivity index is 1.28. The van der Waals surface area contributed by atoms with Gasteiger partial charge in [-0.25, -0.2) is 4.98 Å². The van der Waals surface area contributed by atoms with E-state index in [9.17, 15) is 18.0 Å². The maximum Gasteiger partial charge on any atom is 0.416 e. The first-order valence-electron chi connectivity index (χ1n) is 10.2. The smallest absolute Gasteiger partial charge is 0.416 e. The van der Waals surface area contributed by atoms with Crippen LogP contribution in [0.2, 0.25) is 0 Å². The van der Waals surface area contributed by atoms with E-state index in [4.69, 9.17) is 4.74 Å². The lowest BCUT2D eigenvalue weighted by Crippen LogP contribution is -2.49. The van der Waals surface area contributed by atoms with Gasteiger partial charge in [-0.1, -0.05) is 17.8 Å². The minimum absolute atomic E-state index is 0.0560. The summed E-state index contributed by atoms with van der Waals surface area (Å²) in [4.78, 5) is 20.6. The third kappa shape index (κ3) is 5.59. The zero-order valence-corrected chi connectivity index (χ0v) is 18.6. The van der Waals surface area contributed by atoms with Gasteiger partial charge in [0.15, 0.2) is 5.82 Å². The van der Waals surface area contributed by atoms with E-state index in [1.807, 2.05) is 29.2 Å². The Hall–Kier alpha value is -3.21. The van der Waals surface area contributed by atoms with Gasteiger partial charge in [-0.2, -0.15) is 13.2 Å². The van der Waals surface area contributed by atoms with Crippen molar-refractivity contribution < 1.29 is 22.7 Å². The number of hydrogen-bond acceptors (Lipinski definition) is 6. The summed E-state index contributed by atoms with van der Waals surface area (Å²) < 4.78 is 44.0. The monoisotopic (exact) mass is 477 g/mol. The number of carbonyl (C=O) groups is 1. The molecule has 0 aliphatic carbocycles. The summed E-state index contributed by atoms with van der Waals surface area (Å²) >= 11 is 1.24. The first-order chi connectivity index (χ1) is 15.8. The molecule has 7 nitrogen and oxygen atoms in total. The molecule has 3 aromatic rings. The highest BCUT2D eigenvalue weighted by Gasteiger charge is 2.31. The van der Waals surface area contributed by atoms with Crippen LogP contribution in [0.1, 0.15) is 5.56 Å². The van der Waals surface area contributed by atoms with Gasteiger partial charge in [0.2, 0.25) is 11.1 Å². The van der Waals surface area contributed by atoms with Crippen molar-refractivity contribution >= 4 is 23.4 Å². The molecular formula is C22H22F3N5O2S. The van der Waals surface area contributed by atoms with Gasteiger partial charge >= 0.3 is 6.18 Å². The molecule has 1 aromatic heterocycles. The van der Waals surface area contributed by atoms with Crippen LogP contribution in [-0.4, -0.2) is 65.0 Å². The number of methoxy groups -OCH3 is 1. The van der Waals surface area contributed by atoms with Gasteiger partial charge in [-0.3, -0.25) is 9.89 Å². The third-order valence-corrected chi connectivity index (χ3v) is 6.16. The van der Waals surface area contributed by atoms with Crippen LogP contribution in [0.15, 0.2) is 53.7 Å². The Morgan fingerprint density at radius 3 is 2.52 bits per heavy atom. The van der Waals surface area contributed by atoms with Gasteiger partial charge in [0.05, 0.1) is 18.4 Å². The fraction of sp³-hybridized carbons (Fsp3) is 0.318. The number of anilines is 1. The van der Waals surface area contributed by atoms with Gasteiger partial charge in [-0.15, -0.1) is 5.10 Å². The van der Waals surface area contributed by atoms with E-state index in [0.29, 0.717) is 42.8 Å². The van der Waals surface area contributed by atoms with Crippen LogP contribution >= 0.6 is 11.8 Å². The summed E-state index contributed by atoms with van der Waals surface area (Å²) in [5.74, 6) is 1.47. The number of ether oxygens (including phenoxy) is 1. The lowest BCUT2D eigenvalue weighted by Gasteiger charge is -2.36. The number of aromatic nitrogens is 3. The van der Waals surface area contributed by atoms with Gasteiger partial charge in [0.25, 0.3) is 0 Å². The fourth-order valence-corrected chi connectivity index (χ4v) is 4.20. The lowest BCUT2D eigenvalue weighted by atomic mass is 10.1. The zero-order valence-electron chi connectivity index (χ0n) is 17.8. The Morgan fingerprint density at radius 1 is 1.12 bits per heavy atom. The Kier molecular flexibility index (Phi) is 6.77. The molecule has 0 saturated carbocycles. The van der Waals surface area contributed by atoms with Crippen molar-refractivity contribution in [3.63, 3.8) is 0 Å². The number of benzene rings is 2. The van der Waals surface area contributed by atoms with Gasteiger partial charge < -0.3 is 14.5 Å². The lowest BCUT2D eigenvalue weighted by molar-refractivity contribution is -0.137. The van der Waals surface area contributed by atoms with Crippen LogP contribution in [0, 0.1) is 0 Å². The normalized spacial score (nSPS) is 14.4. The first kappa shape index (κ1) is 23.0. The first-order valence-corrected chi connectivity index (χ1v) is 11.2.